The van der Waals surface area contributed by atoms with Crippen molar-refractivity contribution in [2.45, 2.75) is 6.92 Å². The lowest BCUT2D eigenvalue weighted by Gasteiger charge is -2.06. The van der Waals surface area contributed by atoms with Crippen LogP contribution in [0.4, 0.5) is 0 Å². The normalized spacial score (nSPS) is 10.7. The zero-order valence-corrected chi connectivity index (χ0v) is 10.0. The molecule has 0 amide bonds. The quantitative estimate of drug-likeness (QED) is 0.602. The van der Waals surface area contributed by atoms with Gasteiger partial charge in [-0.1, -0.05) is 48.5 Å². The predicted molar refractivity (Wildman–Crippen MR) is 72.7 cm³/mol. The summed E-state index contributed by atoms with van der Waals surface area (Å²) in [4.78, 5) is 11.7. The standard InChI is InChI=1S/C16H12O2/c1-11-6-5-9-13-14(10-15(17)18-16(11)13)12-7-3-2-4-8-12/h2-10H,1H3. The van der Waals surface area contributed by atoms with Crippen LogP contribution in [-0.2, 0) is 0 Å². The van der Waals surface area contributed by atoms with E-state index < -0.39 is 0 Å². The average molecular weight is 236 g/mol. The molecule has 0 fully saturated rings. The maximum atomic E-state index is 11.7. The molecule has 1 heterocycles. The lowest BCUT2D eigenvalue weighted by molar-refractivity contribution is 0.559. The smallest absolute Gasteiger partial charge is 0.336 e. The third kappa shape index (κ3) is 1.72. The van der Waals surface area contributed by atoms with Crippen molar-refractivity contribution in [3.05, 3.63) is 70.6 Å². The minimum Gasteiger partial charge on any atom is -0.422 e. The first kappa shape index (κ1) is 10.8. The van der Waals surface area contributed by atoms with Crippen molar-refractivity contribution < 1.29 is 4.42 Å². The van der Waals surface area contributed by atoms with E-state index in [0.29, 0.717) is 5.58 Å². The molecule has 2 heteroatoms. The molecule has 3 aromatic rings. The van der Waals surface area contributed by atoms with Crippen molar-refractivity contribution in [3.8, 4) is 11.1 Å². The Morgan fingerprint density at radius 1 is 0.944 bits per heavy atom. The van der Waals surface area contributed by atoms with E-state index in [1.54, 1.807) is 6.07 Å². The molecule has 0 aliphatic carbocycles. The van der Waals surface area contributed by atoms with Crippen LogP contribution in [0, 0.1) is 6.92 Å². The summed E-state index contributed by atoms with van der Waals surface area (Å²) in [6.07, 6.45) is 0. The van der Waals surface area contributed by atoms with Gasteiger partial charge in [0.25, 0.3) is 0 Å². The number of hydrogen-bond donors (Lipinski definition) is 0. The van der Waals surface area contributed by atoms with E-state index in [9.17, 15) is 4.79 Å². The monoisotopic (exact) mass is 236 g/mol. The summed E-state index contributed by atoms with van der Waals surface area (Å²) in [6, 6.07) is 17.3. The van der Waals surface area contributed by atoms with Gasteiger partial charge in [0.2, 0.25) is 0 Å². The van der Waals surface area contributed by atoms with Crippen LogP contribution < -0.4 is 5.63 Å². The Kier molecular flexibility index (Phi) is 2.49. The van der Waals surface area contributed by atoms with Crippen molar-refractivity contribution in [3.63, 3.8) is 0 Å². The van der Waals surface area contributed by atoms with Crippen molar-refractivity contribution in [1.29, 1.82) is 0 Å². The van der Waals surface area contributed by atoms with Gasteiger partial charge in [-0.25, -0.2) is 4.79 Å². The summed E-state index contributed by atoms with van der Waals surface area (Å²) >= 11 is 0. The van der Waals surface area contributed by atoms with Gasteiger partial charge in [-0.15, -0.1) is 0 Å². The zero-order chi connectivity index (χ0) is 12.5. The number of para-hydroxylation sites is 1. The van der Waals surface area contributed by atoms with Crippen LogP contribution in [0.1, 0.15) is 5.56 Å². The third-order valence-electron chi connectivity index (χ3n) is 3.05. The Hall–Kier alpha value is -2.35. The molecule has 0 saturated carbocycles. The van der Waals surface area contributed by atoms with Gasteiger partial charge < -0.3 is 4.42 Å². The maximum absolute atomic E-state index is 11.7. The van der Waals surface area contributed by atoms with E-state index >= 15 is 0 Å². The maximum Gasteiger partial charge on any atom is 0.336 e. The molecule has 0 aliphatic rings. The first-order valence-corrected chi connectivity index (χ1v) is 5.84. The van der Waals surface area contributed by atoms with Crippen molar-refractivity contribution >= 4 is 11.0 Å². The molecule has 0 saturated heterocycles. The Morgan fingerprint density at radius 3 is 2.50 bits per heavy atom. The van der Waals surface area contributed by atoms with Crippen LogP contribution in [0.3, 0.4) is 0 Å². The van der Waals surface area contributed by atoms with Crippen molar-refractivity contribution in [2.24, 2.45) is 0 Å². The number of fused-ring (bicyclic) bond motifs is 1. The number of hydrogen-bond acceptors (Lipinski definition) is 2. The van der Waals surface area contributed by atoms with Gasteiger partial charge in [0.05, 0.1) is 0 Å². The molecule has 0 radical (unpaired) electrons. The van der Waals surface area contributed by atoms with Crippen molar-refractivity contribution in [2.75, 3.05) is 0 Å². The highest BCUT2D eigenvalue weighted by atomic mass is 16.4. The number of aryl methyl sites for hydroxylation is 1. The molecule has 0 N–H and O–H groups in total. The van der Waals surface area contributed by atoms with E-state index in [-0.39, 0.29) is 5.63 Å². The first-order valence-electron chi connectivity index (χ1n) is 5.84. The van der Waals surface area contributed by atoms with Crippen LogP contribution in [0.25, 0.3) is 22.1 Å². The second-order valence-corrected chi connectivity index (χ2v) is 4.30. The summed E-state index contributed by atoms with van der Waals surface area (Å²) in [6.45, 7) is 1.94. The molecule has 0 bridgehead atoms. The highest BCUT2D eigenvalue weighted by Crippen LogP contribution is 2.28. The molecular weight excluding hydrogens is 224 g/mol. The van der Waals surface area contributed by atoms with Gasteiger partial charge in [0, 0.05) is 11.5 Å². The molecule has 0 aliphatic heterocycles. The van der Waals surface area contributed by atoms with E-state index in [1.165, 1.54) is 0 Å². The Labute approximate surface area is 105 Å². The summed E-state index contributed by atoms with van der Waals surface area (Å²) in [5, 5.41) is 0.973. The largest absolute Gasteiger partial charge is 0.422 e. The van der Waals surface area contributed by atoms with Gasteiger partial charge in [-0.3, -0.25) is 0 Å². The molecule has 3 rings (SSSR count). The van der Waals surface area contributed by atoms with Crippen molar-refractivity contribution in [1.82, 2.24) is 0 Å². The number of benzene rings is 2. The highest BCUT2D eigenvalue weighted by Gasteiger charge is 2.08. The lowest BCUT2D eigenvalue weighted by Crippen LogP contribution is -1.98. The molecule has 0 atom stereocenters. The summed E-state index contributed by atoms with van der Waals surface area (Å²) < 4.78 is 5.30. The van der Waals surface area contributed by atoms with E-state index in [1.807, 2.05) is 55.5 Å². The van der Waals surface area contributed by atoms with Gasteiger partial charge >= 0.3 is 5.63 Å². The first-order chi connectivity index (χ1) is 8.75. The fourth-order valence-electron chi connectivity index (χ4n) is 2.18. The molecule has 18 heavy (non-hydrogen) atoms. The summed E-state index contributed by atoms with van der Waals surface area (Å²) in [5.41, 5.74) is 3.29. The lowest BCUT2D eigenvalue weighted by atomic mass is 10.0. The Bertz CT molecular complexity index is 755. The highest BCUT2D eigenvalue weighted by molar-refractivity contribution is 5.94. The van der Waals surface area contributed by atoms with Crippen LogP contribution in [0.15, 0.2) is 63.8 Å². The fourth-order valence-corrected chi connectivity index (χ4v) is 2.18. The molecule has 0 unspecified atom stereocenters. The Morgan fingerprint density at radius 2 is 1.72 bits per heavy atom. The van der Waals surface area contributed by atoms with Gasteiger partial charge in [0.1, 0.15) is 5.58 Å². The van der Waals surface area contributed by atoms with Crippen LogP contribution in [-0.4, -0.2) is 0 Å². The minimum atomic E-state index is -0.310. The molecule has 2 aromatic carbocycles. The molecular formula is C16H12O2. The number of rotatable bonds is 1. The third-order valence-corrected chi connectivity index (χ3v) is 3.05. The second-order valence-electron chi connectivity index (χ2n) is 4.30. The van der Waals surface area contributed by atoms with Gasteiger partial charge in [-0.2, -0.15) is 0 Å². The Balaban J connectivity index is 2.43. The predicted octanol–water partition coefficient (Wildman–Crippen LogP) is 3.77. The molecule has 88 valence electrons. The van der Waals surface area contributed by atoms with E-state index in [2.05, 4.69) is 0 Å². The SMILES string of the molecule is Cc1cccc2c(-c3ccccc3)cc(=O)oc12. The van der Waals surface area contributed by atoms with Gasteiger partial charge in [0.15, 0.2) is 0 Å². The van der Waals surface area contributed by atoms with Crippen LogP contribution >= 0.6 is 0 Å². The van der Waals surface area contributed by atoms with Gasteiger partial charge in [-0.05, 0) is 23.6 Å². The van der Waals surface area contributed by atoms with Crippen LogP contribution in [0.5, 0.6) is 0 Å². The molecule has 1 aromatic heterocycles. The molecule has 2 nitrogen and oxygen atoms in total. The topological polar surface area (TPSA) is 30.2 Å². The fraction of sp³-hybridized carbons (Fsp3) is 0.0625. The van der Waals surface area contributed by atoms with Crippen LogP contribution in [0.2, 0.25) is 0 Å². The summed E-state index contributed by atoms with van der Waals surface area (Å²) in [7, 11) is 0. The van der Waals surface area contributed by atoms with E-state index in [0.717, 1.165) is 22.1 Å². The second kappa shape index (κ2) is 4.15. The van der Waals surface area contributed by atoms with E-state index in [4.69, 9.17) is 4.42 Å². The average Bonchev–Trinajstić information content (AvgIpc) is 2.40. The molecule has 0 spiro atoms. The summed E-state index contributed by atoms with van der Waals surface area (Å²) in [5.74, 6) is 0. The minimum absolute atomic E-state index is 0.310. The zero-order valence-electron chi connectivity index (χ0n) is 10.0.